The molecule has 1 N–H and O–H groups in total. The van der Waals surface area contributed by atoms with Gasteiger partial charge in [0.2, 0.25) is 0 Å². The van der Waals surface area contributed by atoms with E-state index in [0.29, 0.717) is 42.3 Å². The molecule has 0 unspecified atom stereocenters. The summed E-state index contributed by atoms with van der Waals surface area (Å²) >= 11 is 1.45. The number of hydrogen-bond acceptors (Lipinski definition) is 7. The number of ether oxygens (including phenoxy) is 1. The maximum atomic E-state index is 13.4. The Labute approximate surface area is 173 Å². The van der Waals surface area contributed by atoms with E-state index >= 15 is 0 Å². The van der Waals surface area contributed by atoms with Crippen LogP contribution in [0.15, 0.2) is 47.5 Å². The molecule has 0 radical (unpaired) electrons. The smallest absolute Gasteiger partial charge is 0.282 e. The van der Waals surface area contributed by atoms with Crippen molar-refractivity contribution in [1.82, 2.24) is 9.80 Å². The standard InChI is InChI=1S/C21H23N3O4S/c1-28-16-5-2-4-15(14-16)24-20(26)18(17-6-3-13-29-17)19(21(24)27)23-9-7-22(8-10-23)11-12-25/h2-6,13-14,25H,7-12H2,1H3. The first kappa shape index (κ1) is 19.6. The molecule has 2 amide bonds. The Morgan fingerprint density at radius 1 is 1.07 bits per heavy atom. The number of rotatable bonds is 6. The Morgan fingerprint density at radius 3 is 2.52 bits per heavy atom. The number of β-amino-alcohol motifs (C(OH)–C–C–N with tert-alkyl or cyclic N) is 1. The molecule has 8 heteroatoms. The van der Waals surface area contributed by atoms with E-state index in [1.165, 1.54) is 16.2 Å². The Bertz CT molecular complexity index is 933. The third-order valence-corrected chi connectivity index (χ3v) is 6.13. The summed E-state index contributed by atoms with van der Waals surface area (Å²) in [7, 11) is 1.55. The topological polar surface area (TPSA) is 73.3 Å². The first-order chi connectivity index (χ1) is 14.1. The molecule has 29 heavy (non-hydrogen) atoms. The number of aliphatic hydroxyl groups excluding tert-OH is 1. The number of benzene rings is 1. The van der Waals surface area contributed by atoms with Crippen LogP contribution in [-0.4, -0.2) is 73.2 Å². The summed E-state index contributed by atoms with van der Waals surface area (Å²) < 4.78 is 5.26. The Morgan fingerprint density at radius 2 is 1.86 bits per heavy atom. The van der Waals surface area contributed by atoms with Crippen LogP contribution >= 0.6 is 11.3 Å². The Kier molecular flexibility index (Phi) is 5.66. The Balaban J connectivity index is 1.70. The summed E-state index contributed by atoms with van der Waals surface area (Å²) in [6.45, 7) is 3.48. The van der Waals surface area contributed by atoms with E-state index < -0.39 is 0 Å². The number of anilines is 1. The van der Waals surface area contributed by atoms with Crippen LogP contribution in [0.4, 0.5) is 5.69 Å². The van der Waals surface area contributed by atoms with Gasteiger partial charge in [0, 0.05) is 43.7 Å². The van der Waals surface area contributed by atoms with Crippen LogP contribution in [0.1, 0.15) is 4.88 Å². The molecule has 2 aliphatic rings. The molecule has 152 valence electrons. The van der Waals surface area contributed by atoms with Gasteiger partial charge in [0.25, 0.3) is 11.8 Å². The highest BCUT2D eigenvalue weighted by atomic mass is 32.1. The third-order valence-electron chi connectivity index (χ3n) is 5.24. The molecule has 1 fully saturated rings. The third kappa shape index (κ3) is 3.66. The summed E-state index contributed by atoms with van der Waals surface area (Å²) in [5.41, 5.74) is 1.43. The average molecular weight is 413 g/mol. The van der Waals surface area contributed by atoms with Gasteiger partial charge in [-0.05, 0) is 23.6 Å². The molecule has 7 nitrogen and oxygen atoms in total. The lowest BCUT2D eigenvalue weighted by molar-refractivity contribution is -0.120. The maximum Gasteiger partial charge on any atom is 0.282 e. The number of imide groups is 1. The number of aliphatic hydroxyl groups is 1. The zero-order valence-corrected chi connectivity index (χ0v) is 17.0. The molecule has 0 atom stereocenters. The predicted molar refractivity (Wildman–Crippen MR) is 112 cm³/mol. The molecule has 0 saturated carbocycles. The maximum absolute atomic E-state index is 13.4. The number of thiophene rings is 1. The minimum Gasteiger partial charge on any atom is -0.497 e. The summed E-state index contributed by atoms with van der Waals surface area (Å²) in [6.07, 6.45) is 0. The monoisotopic (exact) mass is 413 g/mol. The highest BCUT2D eigenvalue weighted by Crippen LogP contribution is 2.37. The zero-order chi connectivity index (χ0) is 20.4. The lowest BCUT2D eigenvalue weighted by Gasteiger charge is -2.36. The predicted octanol–water partition coefficient (Wildman–Crippen LogP) is 1.65. The van der Waals surface area contributed by atoms with Gasteiger partial charge < -0.3 is 14.7 Å². The number of carbonyl (C=O) groups excluding carboxylic acids is 2. The van der Waals surface area contributed by atoms with Crippen LogP contribution < -0.4 is 9.64 Å². The van der Waals surface area contributed by atoms with Gasteiger partial charge in [0.15, 0.2) is 0 Å². The molecule has 0 spiro atoms. The second-order valence-electron chi connectivity index (χ2n) is 6.90. The van der Waals surface area contributed by atoms with Crippen molar-refractivity contribution in [3.8, 4) is 5.75 Å². The Hall–Kier alpha value is -2.68. The van der Waals surface area contributed by atoms with Crippen molar-refractivity contribution in [3.63, 3.8) is 0 Å². The molecule has 1 aromatic heterocycles. The zero-order valence-electron chi connectivity index (χ0n) is 16.2. The van der Waals surface area contributed by atoms with Gasteiger partial charge in [0.1, 0.15) is 11.4 Å². The fourth-order valence-corrected chi connectivity index (χ4v) is 4.54. The summed E-state index contributed by atoms with van der Waals surface area (Å²) in [6, 6.07) is 10.8. The van der Waals surface area contributed by atoms with Crippen molar-refractivity contribution >= 4 is 34.4 Å². The van der Waals surface area contributed by atoms with Gasteiger partial charge in [-0.15, -0.1) is 11.3 Å². The second kappa shape index (κ2) is 8.36. The van der Waals surface area contributed by atoms with E-state index in [2.05, 4.69) is 4.90 Å². The molecular formula is C21H23N3O4S. The van der Waals surface area contributed by atoms with E-state index in [-0.39, 0.29) is 18.4 Å². The number of carbonyl (C=O) groups is 2. The minimum absolute atomic E-state index is 0.115. The number of amides is 2. The van der Waals surface area contributed by atoms with Gasteiger partial charge in [-0.2, -0.15) is 0 Å². The number of piperazine rings is 1. The molecular weight excluding hydrogens is 390 g/mol. The van der Waals surface area contributed by atoms with E-state index in [1.54, 1.807) is 31.4 Å². The van der Waals surface area contributed by atoms with E-state index in [0.717, 1.165) is 18.0 Å². The lowest BCUT2D eigenvalue weighted by Crippen LogP contribution is -2.48. The SMILES string of the molecule is COc1cccc(N2C(=O)C(c3cccs3)=C(N3CCN(CCO)CC3)C2=O)c1. The fraction of sp³-hybridized carbons (Fsp3) is 0.333. The lowest BCUT2D eigenvalue weighted by atomic mass is 10.1. The van der Waals surface area contributed by atoms with Gasteiger partial charge in [-0.1, -0.05) is 12.1 Å². The van der Waals surface area contributed by atoms with Gasteiger partial charge in [-0.25, -0.2) is 4.90 Å². The molecule has 0 aliphatic carbocycles. The largest absolute Gasteiger partial charge is 0.497 e. The van der Waals surface area contributed by atoms with Crippen LogP contribution in [0.2, 0.25) is 0 Å². The molecule has 0 bridgehead atoms. The van der Waals surface area contributed by atoms with Gasteiger partial charge >= 0.3 is 0 Å². The number of methoxy groups -OCH3 is 1. The summed E-state index contributed by atoms with van der Waals surface area (Å²) in [5.74, 6) is -0.0207. The quantitative estimate of drug-likeness (QED) is 0.726. The fourth-order valence-electron chi connectivity index (χ4n) is 3.78. The molecule has 1 aromatic carbocycles. The van der Waals surface area contributed by atoms with E-state index in [1.807, 2.05) is 22.4 Å². The van der Waals surface area contributed by atoms with Crippen LogP contribution in [0.25, 0.3) is 5.57 Å². The molecule has 4 rings (SSSR count). The molecule has 2 aliphatic heterocycles. The van der Waals surface area contributed by atoms with Crippen molar-refractivity contribution in [1.29, 1.82) is 0 Å². The molecule has 3 heterocycles. The van der Waals surface area contributed by atoms with Crippen molar-refractivity contribution in [2.45, 2.75) is 0 Å². The molecule has 1 saturated heterocycles. The minimum atomic E-state index is -0.307. The van der Waals surface area contributed by atoms with E-state index in [4.69, 9.17) is 9.84 Å². The summed E-state index contributed by atoms with van der Waals surface area (Å²) in [5, 5.41) is 11.1. The normalized spacial score (nSPS) is 18.1. The van der Waals surface area contributed by atoms with Crippen LogP contribution in [0, 0.1) is 0 Å². The van der Waals surface area contributed by atoms with Gasteiger partial charge in [0.05, 0.1) is 25.0 Å². The van der Waals surface area contributed by atoms with Crippen molar-refractivity contribution in [2.24, 2.45) is 0 Å². The second-order valence-corrected chi connectivity index (χ2v) is 7.85. The first-order valence-electron chi connectivity index (χ1n) is 9.53. The highest BCUT2D eigenvalue weighted by Gasteiger charge is 2.43. The van der Waals surface area contributed by atoms with Crippen molar-refractivity contribution in [3.05, 3.63) is 52.4 Å². The van der Waals surface area contributed by atoms with Crippen molar-refractivity contribution in [2.75, 3.05) is 51.3 Å². The number of nitrogens with zero attached hydrogens (tertiary/aromatic N) is 3. The summed E-state index contributed by atoms with van der Waals surface area (Å²) in [4.78, 5) is 33.0. The number of hydrogen-bond donors (Lipinski definition) is 1. The average Bonchev–Trinajstić information content (AvgIpc) is 3.35. The highest BCUT2D eigenvalue weighted by molar-refractivity contribution is 7.11. The van der Waals surface area contributed by atoms with E-state index in [9.17, 15) is 9.59 Å². The van der Waals surface area contributed by atoms with Crippen LogP contribution in [-0.2, 0) is 9.59 Å². The van der Waals surface area contributed by atoms with Crippen molar-refractivity contribution < 1.29 is 19.4 Å². The van der Waals surface area contributed by atoms with Crippen LogP contribution in [0.3, 0.4) is 0 Å². The van der Waals surface area contributed by atoms with Crippen LogP contribution in [0.5, 0.6) is 5.75 Å². The molecule has 2 aromatic rings. The first-order valence-corrected chi connectivity index (χ1v) is 10.4. The van der Waals surface area contributed by atoms with Gasteiger partial charge in [-0.3, -0.25) is 14.5 Å².